The molecule has 28 heavy (non-hydrogen) atoms. The molecule has 0 heterocycles. The largest absolute Gasteiger partial charge is 0.367 e. The van der Waals surface area contributed by atoms with Crippen LogP contribution in [0.1, 0.15) is 19.3 Å². The summed E-state index contributed by atoms with van der Waals surface area (Å²) in [5.41, 5.74) is 0.471. The zero-order valence-corrected chi connectivity index (χ0v) is 17.6. The lowest BCUT2D eigenvalue weighted by Gasteiger charge is -2.29. The molecule has 0 radical (unpaired) electrons. The molecule has 2 aromatic carbocycles. The normalized spacial score (nSPS) is 15.2. The monoisotopic (exact) mass is 455 g/mol. The third kappa shape index (κ3) is 4.73. The van der Waals surface area contributed by atoms with Gasteiger partial charge >= 0.3 is 0 Å². The minimum Gasteiger partial charge on any atom is -0.367 e. The lowest BCUT2D eigenvalue weighted by atomic mass is 9.93. The molecule has 0 bridgehead atoms. The summed E-state index contributed by atoms with van der Waals surface area (Å²) in [6, 6.07) is 12.3. The van der Waals surface area contributed by atoms with Gasteiger partial charge in [-0.2, -0.15) is 5.26 Å². The molecule has 2 N–H and O–H groups in total. The van der Waals surface area contributed by atoms with Gasteiger partial charge in [0.25, 0.3) is 0 Å². The number of hydrogen-bond acceptors (Lipinski definition) is 5. The Labute approximate surface area is 178 Å². The van der Waals surface area contributed by atoms with Crippen molar-refractivity contribution in [3.8, 4) is 6.07 Å². The van der Waals surface area contributed by atoms with Crippen LogP contribution in [0.5, 0.6) is 0 Å². The minimum atomic E-state index is -4.07. The summed E-state index contributed by atoms with van der Waals surface area (Å²) in [7, 11) is -4.07. The van der Waals surface area contributed by atoms with Crippen molar-refractivity contribution in [2.24, 2.45) is 0 Å². The van der Waals surface area contributed by atoms with Crippen LogP contribution in [0.3, 0.4) is 0 Å². The Morgan fingerprint density at radius 3 is 2.11 bits per heavy atom. The summed E-state index contributed by atoms with van der Waals surface area (Å²) in [6.45, 7) is 0. The first-order valence-electron chi connectivity index (χ1n) is 8.44. The van der Waals surface area contributed by atoms with Gasteiger partial charge < -0.3 is 10.6 Å². The maximum atomic E-state index is 13.1. The molecular formula is C19H16Cl3N3O2S. The van der Waals surface area contributed by atoms with Gasteiger partial charge in [-0.25, -0.2) is 8.42 Å². The third-order valence-electron chi connectivity index (χ3n) is 4.31. The first kappa shape index (κ1) is 20.8. The SMILES string of the molecule is N#C/C(=C(/Nc1cc(Cl)cc(Cl)c1)NC1CCC1)S(=O)(=O)c1ccc(Cl)cc1. The molecule has 146 valence electrons. The molecule has 1 fully saturated rings. The maximum Gasteiger partial charge on any atom is 0.220 e. The van der Waals surface area contributed by atoms with E-state index < -0.39 is 14.7 Å². The van der Waals surface area contributed by atoms with Crippen molar-refractivity contribution in [1.29, 1.82) is 5.26 Å². The van der Waals surface area contributed by atoms with Crippen LogP contribution in [0.15, 0.2) is 58.1 Å². The topological polar surface area (TPSA) is 82.0 Å². The summed E-state index contributed by atoms with van der Waals surface area (Å²) in [5, 5.41) is 17.0. The molecule has 1 aliphatic carbocycles. The lowest BCUT2D eigenvalue weighted by molar-refractivity contribution is 0.365. The molecule has 1 aliphatic rings. The van der Waals surface area contributed by atoms with Gasteiger partial charge in [-0.1, -0.05) is 34.8 Å². The summed E-state index contributed by atoms with van der Waals surface area (Å²) in [5.74, 6) is 0.0977. The number of nitrogens with one attached hydrogen (secondary N) is 2. The smallest absolute Gasteiger partial charge is 0.220 e. The Hall–Kier alpha value is -1.91. The minimum absolute atomic E-state index is 0.0210. The molecule has 0 amide bonds. The first-order valence-corrected chi connectivity index (χ1v) is 11.1. The summed E-state index contributed by atoms with van der Waals surface area (Å²) in [6.07, 6.45) is 2.82. The van der Waals surface area contributed by atoms with Crippen molar-refractivity contribution < 1.29 is 8.42 Å². The lowest BCUT2D eigenvalue weighted by Crippen LogP contribution is -2.38. The van der Waals surface area contributed by atoms with E-state index in [2.05, 4.69) is 10.6 Å². The number of rotatable bonds is 6. The number of benzene rings is 2. The molecule has 9 heteroatoms. The van der Waals surface area contributed by atoms with Gasteiger partial charge in [0.05, 0.1) is 4.90 Å². The molecule has 0 aliphatic heterocycles. The highest BCUT2D eigenvalue weighted by atomic mass is 35.5. The van der Waals surface area contributed by atoms with Crippen LogP contribution in [-0.4, -0.2) is 14.5 Å². The van der Waals surface area contributed by atoms with Gasteiger partial charge in [0.2, 0.25) is 9.84 Å². The summed E-state index contributed by atoms with van der Waals surface area (Å²) < 4.78 is 26.1. The fourth-order valence-corrected chi connectivity index (χ4v) is 4.55. The van der Waals surface area contributed by atoms with Crippen LogP contribution >= 0.6 is 34.8 Å². The molecule has 0 saturated heterocycles. The number of allylic oxidation sites excluding steroid dienone is 1. The zero-order valence-electron chi connectivity index (χ0n) is 14.5. The molecule has 2 aromatic rings. The second-order valence-corrected chi connectivity index (χ2v) is 9.52. The van der Waals surface area contributed by atoms with E-state index in [1.807, 2.05) is 6.07 Å². The first-order chi connectivity index (χ1) is 13.3. The van der Waals surface area contributed by atoms with E-state index in [4.69, 9.17) is 34.8 Å². The van der Waals surface area contributed by atoms with E-state index in [-0.39, 0.29) is 16.8 Å². The standard InChI is InChI=1S/C19H16Cl3N3O2S/c20-12-4-6-17(7-5-12)28(26,27)18(11-23)19(24-15-2-1-3-15)25-16-9-13(21)8-14(22)10-16/h4-10,15,24-25H,1-3H2/b19-18-. The molecule has 0 spiro atoms. The van der Waals surface area contributed by atoms with E-state index in [9.17, 15) is 13.7 Å². The number of anilines is 1. The Bertz CT molecular complexity index is 1040. The van der Waals surface area contributed by atoms with Gasteiger partial charge in [-0.3, -0.25) is 0 Å². The van der Waals surface area contributed by atoms with Crippen molar-refractivity contribution in [2.75, 3.05) is 5.32 Å². The zero-order chi connectivity index (χ0) is 20.3. The maximum absolute atomic E-state index is 13.1. The van der Waals surface area contributed by atoms with Crippen LogP contribution in [0.2, 0.25) is 15.1 Å². The predicted octanol–water partition coefficient (Wildman–Crippen LogP) is 5.37. The van der Waals surface area contributed by atoms with Gasteiger partial charge in [-0.15, -0.1) is 0 Å². The van der Waals surface area contributed by atoms with Crippen LogP contribution in [0.25, 0.3) is 0 Å². The highest BCUT2D eigenvalue weighted by molar-refractivity contribution is 7.95. The second kappa shape index (κ2) is 8.62. The number of sulfone groups is 1. The molecule has 0 unspecified atom stereocenters. The molecule has 0 atom stereocenters. The van der Waals surface area contributed by atoms with Crippen molar-refractivity contribution in [3.05, 3.63) is 68.3 Å². The third-order valence-corrected chi connectivity index (χ3v) is 6.72. The van der Waals surface area contributed by atoms with Gasteiger partial charge in [0.15, 0.2) is 4.91 Å². The highest BCUT2D eigenvalue weighted by Gasteiger charge is 2.28. The van der Waals surface area contributed by atoms with E-state index in [1.165, 1.54) is 24.3 Å². The van der Waals surface area contributed by atoms with E-state index >= 15 is 0 Å². The average Bonchev–Trinajstić information content (AvgIpc) is 2.57. The molecule has 5 nitrogen and oxygen atoms in total. The number of hydrogen-bond donors (Lipinski definition) is 2. The Kier molecular flexibility index (Phi) is 6.41. The molecular weight excluding hydrogens is 441 g/mol. The van der Waals surface area contributed by atoms with Crippen LogP contribution in [0.4, 0.5) is 5.69 Å². The van der Waals surface area contributed by atoms with Gasteiger partial charge in [0, 0.05) is 26.8 Å². The Morgan fingerprint density at radius 2 is 1.61 bits per heavy atom. The average molecular weight is 457 g/mol. The van der Waals surface area contributed by atoms with Gasteiger partial charge in [-0.05, 0) is 61.7 Å². The number of halogens is 3. The Morgan fingerprint density at radius 1 is 1.00 bits per heavy atom. The van der Waals surface area contributed by atoms with Crippen LogP contribution in [-0.2, 0) is 9.84 Å². The van der Waals surface area contributed by atoms with Crippen LogP contribution < -0.4 is 10.6 Å². The molecule has 3 rings (SSSR count). The quantitative estimate of drug-likeness (QED) is 0.571. The summed E-state index contributed by atoms with van der Waals surface area (Å²) >= 11 is 17.9. The highest BCUT2D eigenvalue weighted by Crippen LogP contribution is 2.28. The van der Waals surface area contributed by atoms with Crippen molar-refractivity contribution in [3.63, 3.8) is 0 Å². The number of nitriles is 1. The van der Waals surface area contributed by atoms with Crippen molar-refractivity contribution in [2.45, 2.75) is 30.2 Å². The fraction of sp³-hybridized carbons (Fsp3) is 0.211. The van der Waals surface area contributed by atoms with E-state index in [0.29, 0.717) is 20.8 Å². The van der Waals surface area contributed by atoms with E-state index in [1.54, 1.807) is 18.2 Å². The van der Waals surface area contributed by atoms with E-state index in [0.717, 1.165) is 19.3 Å². The predicted molar refractivity (Wildman–Crippen MR) is 112 cm³/mol. The fourth-order valence-electron chi connectivity index (χ4n) is 2.67. The second-order valence-electron chi connectivity index (χ2n) is 6.33. The molecule has 1 saturated carbocycles. The Balaban J connectivity index is 2.07. The van der Waals surface area contributed by atoms with Crippen molar-refractivity contribution >= 4 is 50.3 Å². The van der Waals surface area contributed by atoms with Gasteiger partial charge in [0.1, 0.15) is 11.9 Å². The van der Waals surface area contributed by atoms with Crippen molar-refractivity contribution in [1.82, 2.24) is 5.32 Å². The number of nitrogens with zero attached hydrogens (tertiary/aromatic N) is 1. The van der Waals surface area contributed by atoms with Crippen LogP contribution in [0, 0.1) is 11.3 Å². The molecule has 0 aromatic heterocycles. The summed E-state index contributed by atoms with van der Waals surface area (Å²) in [4.78, 5) is -0.440.